The average molecular weight is 773 g/mol. The fraction of sp³-hybridized carbons (Fsp3) is 0.674. The highest BCUT2D eigenvalue weighted by Crippen LogP contribution is 2.44. The van der Waals surface area contributed by atoms with Crippen LogP contribution in [0.25, 0.3) is 0 Å². The van der Waals surface area contributed by atoms with Gasteiger partial charge in [0.05, 0.1) is 31.8 Å². The molecule has 0 saturated carbocycles. The number of carbonyl (C=O) groups excluding carboxylic acids is 2. The predicted molar refractivity (Wildman–Crippen MR) is 206 cm³/mol. The number of carbonyl (C=O) groups is 2. The smallest absolute Gasteiger partial charge is 0.306 e. The fourth-order valence-corrected chi connectivity index (χ4v) is 7.08. The van der Waals surface area contributed by atoms with E-state index >= 15 is 0 Å². The van der Waals surface area contributed by atoms with Gasteiger partial charge in [-0.25, -0.2) is 0 Å². The van der Waals surface area contributed by atoms with E-state index in [4.69, 9.17) is 28.4 Å². The molecule has 1 spiro atoms. The van der Waals surface area contributed by atoms with E-state index < -0.39 is 51.6 Å². The number of ether oxygens (including phenoxy) is 6. The standard InChI is InChI=1S/C43H64O12/c1-25-17-27(35(48)31(33(25)46)39(3,4)5)13-15-29(44)50-19-41(9,10)37-52-21-43(22-53-37)23-54-38(55-24-43)42(11,12)20-51-30(45)16-14-28-18-26(2)34(47)32(36(28)49)40(6,7)8/h17-18,37-38,46-49H,13-16,19-24H2,1-12H3. The van der Waals surface area contributed by atoms with Crippen LogP contribution in [-0.4, -0.2) is 84.6 Å². The van der Waals surface area contributed by atoms with Crippen LogP contribution in [-0.2, 0) is 61.7 Å². The van der Waals surface area contributed by atoms with Crippen LogP contribution in [0.2, 0.25) is 0 Å². The van der Waals surface area contributed by atoms with E-state index in [9.17, 15) is 30.0 Å². The average Bonchev–Trinajstić information content (AvgIpc) is 3.08. The summed E-state index contributed by atoms with van der Waals surface area (Å²) in [4.78, 5) is 25.6. The Morgan fingerprint density at radius 2 is 0.909 bits per heavy atom. The van der Waals surface area contributed by atoms with Gasteiger partial charge in [-0.3, -0.25) is 9.59 Å². The molecule has 0 atom stereocenters. The molecule has 2 aliphatic rings. The molecule has 4 N–H and O–H groups in total. The van der Waals surface area contributed by atoms with Gasteiger partial charge >= 0.3 is 11.9 Å². The number of rotatable bonds is 12. The van der Waals surface area contributed by atoms with Gasteiger partial charge in [0.25, 0.3) is 0 Å². The highest BCUT2D eigenvalue weighted by atomic mass is 16.7. The highest BCUT2D eigenvalue weighted by Gasteiger charge is 2.48. The van der Waals surface area contributed by atoms with E-state index in [-0.39, 0.29) is 61.9 Å². The zero-order valence-electron chi connectivity index (χ0n) is 34.9. The van der Waals surface area contributed by atoms with Crippen LogP contribution in [0, 0.1) is 30.1 Å². The van der Waals surface area contributed by atoms with Crippen LogP contribution in [0.4, 0.5) is 0 Å². The van der Waals surface area contributed by atoms with Crippen molar-refractivity contribution >= 4 is 11.9 Å². The number of esters is 2. The van der Waals surface area contributed by atoms with Crippen molar-refractivity contribution in [3.63, 3.8) is 0 Å². The van der Waals surface area contributed by atoms with Crippen molar-refractivity contribution < 1.29 is 58.4 Å². The molecule has 0 unspecified atom stereocenters. The van der Waals surface area contributed by atoms with Gasteiger partial charge in [0.1, 0.15) is 36.2 Å². The molecular formula is C43H64O12. The van der Waals surface area contributed by atoms with Crippen molar-refractivity contribution in [2.24, 2.45) is 16.2 Å². The summed E-state index contributed by atoms with van der Waals surface area (Å²) >= 11 is 0. The molecule has 4 rings (SSSR count). The summed E-state index contributed by atoms with van der Waals surface area (Å²) in [5.74, 6) is -0.709. The Kier molecular flexibility index (Phi) is 13.2. The summed E-state index contributed by atoms with van der Waals surface area (Å²) in [6.07, 6.45) is -0.629. The van der Waals surface area contributed by atoms with Crippen LogP contribution < -0.4 is 0 Å². The third-order valence-electron chi connectivity index (χ3n) is 10.4. The van der Waals surface area contributed by atoms with Crippen LogP contribution in [0.5, 0.6) is 23.0 Å². The van der Waals surface area contributed by atoms with Gasteiger partial charge in [-0.15, -0.1) is 0 Å². The van der Waals surface area contributed by atoms with Gasteiger partial charge in [0.15, 0.2) is 12.6 Å². The molecule has 2 aromatic carbocycles. The lowest BCUT2D eigenvalue weighted by Crippen LogP contribution is -2.57. The molecule has 0 amide bonds. The molecule has 2 aliphatic heterocycles. The summed E-state index contributed by atoms with van der Waals surface area (Å²) < 4.78 is 35.9. The summed E-state index contributed by atoms with van der Waals surface area (Å²) in [5, 5.41) is 42.8. The monoisotopic (exact) mass is 772 g/mol. The quantitative estimate of drug-likeness (QED) is 0.161. The van der Waals surface area contributed by atoms with E-state index in [1.165, 1.54) is 0 Å². The highest BCUT2D eigenvalue weighted by molar-refractivity contribution is 5.71. The Labute approximate surface area is 326 Å². The molecule has 0 aliphatic carbocycles. The minimum Gasteiger partial charge on any atom is -0.507 e. The predicted octanol–water partition coefficient (Wildman–Crippen LogP) is 7.16. The first kappa shape index (κ1) is 44.1. The molecule has 12 nitrogen and oxygen atoms in total. The number of aromatic hydroxyl groups is 4. The van der Waals surface area contributed by atoms with Crippen molar-refractivity contribution in [2.75, 3.05) is 39.6 Å². The molecule has 308 valence electrons. The van der Waals surface area contributed by atoms with E-state index in [0.717, 1.165) is 0 Å². The van der Waals surface area contributed by atoms with Gasteiger partial charge in [0.2, 0.25) is 0 Å². The summed E-state index contributed by atoms with van der Waals surface area (Å²) in [6, 6.07) is 3.40. The molecule has 2 fully saturated rings. The maximum Gasteiger partial charge on any atom is 0.306 e. The Morgan fingerprint density at radius 3 is 1.20 bits per heavy atom. The fourth-order valence-electron chi connectivity index (χ4n) is 7.08. The van der Waals surface area contributed by atoms with Crippen LogP contribution in [0.1, 0.15) is 115 Å². The third kappa shape index (κ3) is 10.4. The lowest BCUT2D eigenvalue weighted by atomic mass is 9.82. The molecule has 2 saturated heterocycles. The normalized spacial score (nSPS) is 21.1. The molecule has 55 heavy (non-hydrogen) atoms. The Balaban J connectivity index is 1.21. The Hall–Kier alpha value is -3.58. The molecule has 0 bridgehead atoms. The molecule has 0 aromatic heterocycles. The van der Waals surface area contributed by atoms with Gasteiger partial charge < -0.3 is 48.8 Å². The van der Waals surface area contributed by atoms with E-state index in [1.54, 1.807) is 26.0 Å². The minimum atomic E-state index is -0.659. The van der Waals surface area contributed by atoms with Gasteiger partial charge in [0, 0.05) is 34.8 Å². The second-order valence-corrected chi connectivity index (χ2v) is 19.1. The van der Waals surface area contributed by atoms with Crippen LogP contribution >= 0.6 is 0 Å². The molecule has 0 radical (unpaired) electrons. The maximum atomic E-state index is 12.8. The second-order valence-electron chi connectivity index (χ2n) is 19.1. The summed E-state index contributed by atoms with van der Waals surface area (Å²) in [6.45, 7) is 24.0. The number of phenols is 4. The molecular weight excluding hydrogens is 708 g/mol. The topological polar surface area (TPSA) is 170 Å². The first-order chi connectivity index (χ1) is 25.3. The number of hydrogen-bond acceptors (Lipinski definition) is 12. The number of aryl methyl sites for hydroxylation is 4. The van der Waals surface area contributed by atoms with Crippen molar-refractivity contribution in [1.29, 1.82) is 0 Å². The summed E-state index contributed by atoms with van der Waals surface area (Å²) in [7, 11) is 0. The lowest BCUT2D eigenvalue weighted by Gasteiger charge is -2.48. The van der Waals surface area contributed by atoms with Crippen LogP contribution in [0.3, 0.4) is 0 Å². The van der Waals surface area contributed by atoms with Crippen molar-refractivity contribution in [1.82, 2.24) is 0 Å². The first-order valence-electron chi connectivity index (χ1n) is 19.2. The van der Waals surface area contributed by atoms with Gasteiger partial charge in [-0.05, 0) is 71.9 Å². The van der Waals surface area contributed by atoms with E-state index in [2.05, 4.69) is 0 Å². The molecule has 2 aromatic rings. The zero-order chi connectivity index (χ0) is 41.3. The van der Waals surface area contributed by atoms with E-state index in [1.807, 2.05) is 69.2 Å². The van der Waals surface area contributed by atoms with Crippen LogP contribution in [0.15, 0.2) is 12.1 Å². The largest absolute Gasteiger partial charge is 0.507 e. The second kappa shape index (κ2) is 16.5. The minimum absolute atomic E-state index is 0.00110. The first-order valence-corrected chi connectivity index (χ1v) is 19.2. The Morgan fingerprint density at radius 1 is 0.600 bits per heavy atom. The van der Waals surface area contributed by atoms with Crippen molar-refractivity contribution in [2.45, 2.75) is 132 Å². The zero-order valence-corrected chi connectivity index (χ0v) is 34.9. The lowest BCUT2D eigenvalue weighted by molar-refractivity contribution is -0.337. The molecule has 2 heterocycles. The van der Waals surface area contributed by atoms with Gasteiger partial charge in [-0.2, -0.15) is 0 Å². The number of benzene rings is 2. The molecule has 12 heteroatoms. The van der Waals surface area contributed by atoms with E-state index in [0.29, 0.717) is 59.8 Å². The summed E-state index contributed by atoms with van der Waals surface area (Å²) in [5.41, 5.74) is 0.545. The third-order valence-corrected chi connectivity index (χ3v) is 10.4. The Bertz CT molecular complexity index is 1570. The van der Waals surface area contributed by atoms with Crippen molar-refractivity contribution in [3.05, 3.63) is 45.5 Å². The number of hydrogen-bond donors (Lipinski definition) is 4. The SMILES string of the molecule is Cc1cc(CCC(=O)OCC(C)(C)C2OCC3(CO2)COC(C(C)(C)COC(=O)CCc2cc(C)c(O)c(C(C)(C)C)c2O)OC3)c(O)c(C(C)(C)C)c1O. The number of phenolic OH excluding ortho intramolecular Hbond substituents is 4. The van der Waals surface area contributed by atoms with Crippen molar-refractivity contribution in [3.8, 4) is 23.0 Å². The maximum absolute atomic E-state index is 12.8. The van der Waals surface area contributed by atoms with Gasteiger partial charge in [-0.1, -0.05) is 69.2 Å².